The predicted molar refractivity (Wildman–Crippen MR) is 151 cm³/mol. The average Bonchev–Trinajstić information content (AvgIpc) is 2.94. The van der Waals surface area contributed by atoms with E-state index >= 15 is 0 Å². The molecule has 4 aromatic rings. The van der Waals surface area contributed by atoms with E-state index in [1.165, 1.54) is 19.3 Å². The van der Waals surface area contributed by atoms with Crippen molar-refractivity contribution in [3.8, 4) is 16.9 Å². The molecule has 1 aliphatic carbocycles. The van der Waals surface area contributed by atoms with Gasteiger partial charge in [0.05, 0.1) is 6.04 Å². The first kappa shape index (κ1) is 24.1. The van der Waals surface area contributed by atoms with E-state index in [9.17, 15) is 5.11 Å². The second-order valence-corrected chi connectivity index (χ2v) is 10.3. The Hall–Kier alpha value is -3.65. The number of benzene rings is 4. The molecule has 0 amide bonds. The molecule has 4 aromatic carbocycles. The van der Waals surface area contributed by atoms with E-state index in [-0.39, 0.29) is 0 Å². The Balaban J connectivity index is 1.72. The SMILES string of the molecule is CC1CCCCC1N=Cc1cc(-c2ccccc2)cc(C(C)(c2ccccc2)c2ccccc2)c1O. The molecule has 0 bridgehead atoms. The van der Waals surface area contributed by atoms with Crippen LogP contribution in [0.1, 0.15) is 61.8 Å². The highest BCUT2D eigenvalue weighted by Gasteiger charge is 2.34. The second-order valence-electron chi connectivity index (χ2n) is 10.3. The normalized spacial score (nSPS) is 18.4. The van der Waals surface area contributed by atoms with Crippen molar-refractivity contribution >= 4 is 6.21 Å². The summed E-state index contributed by atoms with van der Waals surface area (Å²) in [6, 6.07) is 35.9. The summed E-state index contributed by atoms with van der Waals surface area (Å²) in [6.45, 7) is 4.51. The van der Waals surface area contributed by atoms with Gasteiger partial charge in [0.15, 0.2) is 0 Å². The van der Waals surface area contributed by atoms with Crippen LogP contribution in [0.5, 0.6) is 5.75 Å². The zero-order chi connectivity index (χ0) is 25.0. The summed E-state index contributed by atoms with van der Waals surface area (Å²) in [6.07, 6.45) is 6.79. The summed E-state index contributed by atoms with van der Waals surface area (Å²) < 4.78 is 0. The number of hydrogen-bond donors (Lipinski definition) is 1. The standard InChI is InChI=1S/C34H35NO/c1-25-14-12-13-21-32(25)35-24-28-22-27(26-15-6-3-7-16-26)23-31(33(28)36)34(2,29-17-8-4-9-18-29)30-19-10-5-11-20-30/h3-11,15-20,22-25,32,36H,12-14,21H2,1-2H3. The zero-order valence-corrected chi connectivity index (χ0v) is 21.3. The van der Waals surface area contributed by atoms with E-state index in [0.29, 0.717) is 17.7 Å². The fourth-order valence-corrected chi connectivity index (χ4v) is 5.65. The Morgan fingerprint density at radius 2 is 1.31 bits per heavy atom. The van der Waals surface area contributed by atoms with Crippen molar-refractivity contribution in [2.75, 3.05) is 0 Å². The minimum Gasteiger partial charge on any atom is -0.507 e. The highest BCUT2D eigenvalue weighted by Crippen LogP contribution is 2.45. The molecule has 1 aliphatic rings. The van der Waals surface area contributed by atoms with Crippen LogP contribution in [0.4, 0.5) is 0 Å². The van der Waals surface area contributed by atoms with Crippen molar-refractivity contribution in [3.63, 3.8) is 0 Å². The molecule has 0 aliphatic heterocycles. The topological polar surface area (TPSA) is 32.6 Å². The molecule has 5 rings (SSSR count). The number of hydrogen-bond acceptors (Lipinski definition) is 2. The number of aromatic hydroxyl groups is 1. The first-order valence-corrected chi connectivity index (χ1v) is 13.1. The molecule has 2 heteroatoms. The average molecular weight is 474 g/mol. The molecule has 182 valence electrons. The maximum absolute atomic E-state index is 11.8. The van der Waals surface area contributed by atoms with Crippen LogP contribution in [0.2, 0.25) is 0 Å². The minimum absolute atomic E-state index is 0.303. The maximum atomic E-state index is 11.8. The highest BCUT2D eigenvalue weighted by molar-refractivity contribution is 5.88. The third-order valence-electron chi connectivity index (χ3n) is 7.96. The number of phenols is 1. The van der Waals surface area contributed by atoms with Crippen molar-refractivity contribution in [2.45, 2.75) is 51.0 Å². The lowest BCUT2D eigenvalue weighted by Crippen LogP contribution is -2.26. The molecule has 2 nitrogen and oxygen atoms in total. The molecule has 1 N–H and O–H groups in total. The van der Waals surface area contributed by atoms with Crippen LogP contribution in [0.15, 0.2) is 108 Å². The molecule has 1 saturated carbocycles. The Morgan fingerprint density at radius 1 is 0.750 bits per heavy atom. The predicted octanol–water partition coefficient (Wildman–Crippen LogP) is 8.41. The molecule has 2 atom stereocenters. The summed E-state index contributed by atoms with van der Waals surface area (Å²) in [5.41, 5.74) is 5.61. The lowest BCUT2D eigenvalue weighted by atomic mass is 9.70. The van der Waals surface area contributed by atoms with Gasteiger partial charge in [-0.3, -0.25) is 4.99 Å². The Labute approximate surface area is 215 Å². The summed E-state index contributed by atoms with van der Waals surface area (Å²) in [5.74, 6) is 0.880. The van der Waals surface area contributed by atoms with Crippen molar-refractivity contribution in [1.29, 1.82) is 0 Å². The largest absolute Gasteiger partial charge is 0.507 e. The van der Waals surface area contributed by atoms with Gasteiger partial charge in [-0.1, -0.05) is 111 Å². The van der Waals surface area contributed by atoms with Crippen molar-refractivity contribution in [3.05, 3.63) is 125 Å². The van der Waals surface area contributed by atoms with E-state index in [4.69, 9.17) is 4.99 Å². The Kier molecular flexibility index (Phi) is 7.04. The van der Waals surface area contributed by atoms with Crippen LogP contribution in [-0.4, -0.2) is 17.4 Å². The van der Waals surface area contributed by atoms with E-state index in [1.807, 2.05) is 24.4 Å². The lowest BCUT2D eigenvalue weighted by molar-refractivity contribution is 0.333. The third-order valence-corrected chi connectivity index (χ3v) is 7.96. The third kappa shape index (κ3) is 4.73. The van der Waals surface area contributed by atoms with Gasteiger partial charge in [-0.15, -0.1) is 0 Å². The van der Waals surface area contributed by atoms with E-state index in [0.717, 1.165) is 39.8 Å². The van der Waals surface area contributed by atoms with Gasteiger partial charge >= 0.3 is 0 Å². The van der Waals surface area contributed by atoms with Crippen LogP contribution in [0.25, 0.3) is 11.1 Å². The molecule has 0 radical (unpaired) electrons. The summed E-state index contributed by atoms with van der Waals surface area (Å²) in [4.78, 5) is 5.01. The number of rotatable bonds is 6. The molecule has 0 saturated heterocycles. The summed E-state index contributed by atoms with van der Waals surface area (Å²) >= 11 is 0. The molecular formula is C34H35NO. The van der Waals surface area contributed by atoms with Gasteiger partial charge in [0.2, 0.25) is 0 Å². The van der Waals surface area contributed by atoms with Crippen LogP contribution in [0, 0.1) is 5.92 Å². The number of phenolic OH excluding ortho intramolecular Hbond substituents is 1. The minimum atomic E-state index is -0.544. The van der Waals surface area contributed by atoms with Crippen LogP contribution < -0.4 is 0 Å². The van der Waals surface area contributed by atoms with Crippen molar-refractivity contribution in [2.24, 2.45) is 10.9 Å². The Bertz CT molecular complexity index is 1270. The lowest BCUT2D eigenvalue weighted by Gasteiger charge is -2.33. The quantitative estimate of drug-likeness (QED) is 0.221. The first-order chi connectivity index (χ1) is 17.6. The van der Waals surface area contributed by atoms with Gasteiger partial charge in [0.25, 0.3) is 0 Å². The number of nitrogens with zero attached hydrogens (tertiary/aromatic N) is 1. The molecule has 0 heterocycles. The number of aliphatic imine (C=N–C) groups is 1. The molecule has 1 fully saturated rings. The summed E-state index contributed by atoms with van der Waals surface area (Å²) in [7, 11) is 0. The van der Waals surface area contributed by atoms with Crippen molar-refractivity contribution in [1.82, 2.24) is 0 Å². The smallest absolute Gasteiger partial charge is 0.128 e. The summed E-state index contributed by atoms with van der Waals surface area (Å²) in [5, 5.41) is 11.8. The van der Waals surface area contributed by atoms with Gasteiger partial charge in [-0.05, 0) is 60.1 Å². The first-order valence-electron chi connectivity index (χ1n) is 13.1. The van der Waals surface area contributed by atoms with Crippen LogP contribution in [0.3, 0.4) is 0 Å². The van der Waals surface area contributed by atoms with Gasteiger partial charge in [-0.2, -0.15) is 0 Å². The highest BCUT2D eigenvalue weighted by atomic mass is 16.3. The fourth-order valence-electron chi connectivity index (χ4n) is 5.65. The van der Waals surface area contributed by atoms with Crippen LogP contribution in [-0.2, 0) is 5.41 Å². The van der Waals surface area contributed by atoms with Gasteiger partial charge in [-0.25, -0.2) is 0 Å². The Morgan fingerprint density at radius 3 is 1.89 bits per heavy atom. The van der Waals surface area contributed by atoms with E-state index < -0.39 is 5.41 Å². The molecule has 0 aromatic heterocycles. The maximum Gasteiger partial charge on any atom is 0.128 e. The van der Waals surface area contributed by atoms with Gasteiger partial charge < -0.3 is 5.11 Å². The monoisotopic (exact) mass is 473 g/mol. The van der Waals surface area contributed by atoms with Gasteiger partial charge in [0.1, 0.15) is 5.75 Å². The molecule has 0 spiro atoms. The van der Waals surface area contributed by atoms with Gasteiger partial charge in [0, 0.05) is 22.8 Å². The van der Waals surface area contributed by atoms with Crippen LogP contribution >= 0.6 is 0 Å². The van der Waals surface area contributed by atoms with E-state index in [1.54, 1.807) is 0 Å². The van der Waals surface area contributed by atoms with Crippen molar-refractivity contribution < 1.29 is 5.11 Å². The second kappa shape index (κ2) is 10.5. The molecule has 2 unspecified atom stereocenters. The fraction of sp³-hybridized carbons (Fsp3) is 0.265. The molecule has 36 heavy (non-hydrogen) atoms. The molecular weight excluding hydrogens is 438 g/mol. The van der Waals surface area contributed by atoms with E-state index in [2.05, 4.69) is 98.8 Å². The zero-order valence-electron chi connectivity index (χ0n) is 21.3.